The second-order valence-electron chi connectivity index (χ2n) is 1.95. The van der Waals surface area contributed by atoms with Crippen molar-refractivity contribution in [3.8, 4) is 0 Å². The highest BCUT2D eigenvalue weighted by Crippen LogP contribution is 2.24. The summed E-state index contributed by atoms with van der Waals surface area (Å²) in [5.74, 6) is 0. The van der Waals surface area contributed by atoms with Gasteiger partial charge in [0.15, 0.2) is 0 Å². The van der Waals surface area contributed by atoms with Gasteiger partial charge in [0.2, 0.25) is 0 Å². The first kappa shape index (κ1) is 4.68. The Labute approximate surface area is 53.2 Å². The molecular formula is C7H5N2. The van der Waals surface area contributed by atoms with Gasteiger partial charge in [0.1, 0.15) is 0 Å². The van der Waals surface area contributed by atoms with Crippen LogP contribution in [0.4, 0.5) is 5.69 Å². The molecule has 0 amide bonds. The molecule has 1 aliphatic heterocycles. The van der Waals surface area contributed by atoms with E-state index < -0.39 is 0 Å². The summed E-state index contributed by atoms with van der Waals surface area (Å²) >= 11 is 0. The molecule has 2 nitrogen and oxygen atoms in total. The number of azo groups is 1. The molecule has 1 heterocycles. The molecule has 0 unspecified atom stereocenters. The van der Waals surface area contributed by atoms with Gasteiger partial charge in [0, 0.05) is 5.56 Å². The fourth-order valence-electron chi connectivity index (χ4n) is 0.868. The molecular weight excluding hydrogens is 112 g/mol. The Bertz CT molecular complexity index is 253. The summed E-state index contributed by atoms with van der Waals surface area (Å²) in [4.78, 5) is 0. The average molecular weight is 117 g/mol. The van der Waals surface area contributed by atoms with Crippen molar-refractivity contribution in [2.45, 2.75) is 6.54 Å². The number of nitrogens with zero attached hydrogens (tertiary/aromatic N) is 2. The van der Waals surface area contributed by atoms with Gasteiger partial charge < -0.3 is 0 Å². The van der Waals surface area contributed by atoms with Crippen LogP contribution in [0, 0.1) is 6.07 Å². The van der Waals surface area contributed by atoms with Gasteiger partial charge in [-0.25, -0.2) is 0 Å². The molecule has 2 rings (SSSR count). The van der Waals surface area contributed by atoms with Crippen LogP contribution < -0.4 is 0 Å². The van der Waals surface area contributed by atoms with Gasteiger partial charge in [-0.05, 0) is 12.1 Å². The third-order valence-electron chi connectivity index (χ3n) is 1.35. The normalized spacial score (nSPS) is 13.8. The van der Waals surface area contributed by atoms with Gasteiger partial charge in [-0.3, -0.25) is 0 Å². The van der Waals surface area contributed by atoms with Crippen LogP contribution in [-0.4, -0.2) is 0 Å². The maximum atomic E-state index is 3.89. The third kappa shape index (κ3) is 0.633. The van der Waals surface area contributed by atoms with Crippen LogP contribution in [0.2, 0.25) is 0 Å². The predicted octanol–water partition coefficient (Wildman–Crippen LogP) is 2.08. The highest BCUT2D eigenvalue weighted by molar-refractivity contribution is 5.46. The summed E-state index contributed by atoms with van der Waals surface area (Å²) in [6.45, 7) is 0.740. The Morgan fingerprint density at radius 2 is 2.56 bits per heavy atom. The summed E-state index contributed by atoms with van der Waals surface area (Å²) in [5.41, 5.74) is 2.17. The molecule has 0 saturated heterocycles. The van der Waals surface area contributed by atoms with Crippen LogP contribution in [-0.2, 0) is 6.54 Å². The Kier molecular flexibility index (Phi) is 0.859. The Morgan fingerprint density at radius 1 is 1.56 bits per heavy atom. The first-order chi connectivity index (χ1) is 4.47. The Morgan fingerprint density at radius 3 is 3.44 bits per heavy atom. The lowest BCUT2D eigenvalue weighted by molar-refractivity contribution is 1.04. The molecule has 9 heavy (non-hydrogen) atoms. The van der Waals surface area contributed by atoms with Crippen molar-refractivity contribution in [2.24, 2.45) is 10.2 Å². The van der Waals surface area contributed by atoms with Gasteiger partial charge in [-0.2, -0.15) is 10.2 Å². The molecule has 0 N–H and O–H groups in total. The molecule has 1 radical (unpaired) electrons. The van der Waals surface area contributed by atoms with E-state index in [4.69, 9.17) is 0 Å². The van der Waals surface area contributed by atoms with Crippen molar-refractivity contribution >= 4 is 5.69 Å². The minimum Gasteiger partial charge on any atom is -0.184 e. The third-order valence-corrected chi connectivity index (χ3v) is 1.35. The standard InChI is InChI=1S/C7H5N2/c1-2-4-7-6(3-1)5-8-9-7/h1,3-4H,5H2. The summed E-state index contributed by atoms with van der Waals surface area (Å²) in [6.07, 6.45) is 0. The second-order valence-corrected chi connectivity index (χ2v) is 1.95. The molecule has 0 bridgehead atoms. The van der Waals surface area contributed by atoms with Gasteiger partial charge in [-0.1, -0.05) is 12.1 Å². The van der Waals surface area contributed by atoms with Gasteiger partial charge in [0.05, 0.1) is 12.2 Å². The highest BCUT2D eigenvalue weighted by atomic mass is 15.1. The van der Waals surface area contributed by atoms with Crippen LogP contribution in [0.1, 0.15) is 5.56 Å². The molecule has 43 valence electrons. The van der Waals surface area contributed by atoms with Crippen molar-refractivity contribution in [3.63, 3.8) is 0 Å². The van der Waals surface area contributed by atoms with E-state index in [1.165, 1.54) is 5.56 Å². The first-order valence-corrected chi connectivity index (χ1v) is 2.83. The maximum Gasteiger partial charge on any atom is 0.0910 e. The van der Waals surface area contributed by atoms with Crippen LogP contribution in [0.3, 0.4) is 0 Å². The summed E-state index contributed by atoms with van der Waals surface area (Å²) in [5, 5.41) is 7.75. The summed E-state index contributed by atoms with van der Waals surface area (Å²) < 4.78 is 0. The monoisotopic (exact) mass is 117 g/mol. The average Bonchev–Trinajstić information content (AvgIpc) is 2.33. The fraction of sp³-hybridized carbons (Fsp3) is 0.143. The summed E-state index contributed by atoms with van der Waals surface area (Å²) in [6, 6.07) is 8.67. The second kappa shape index (κ2) is 1.65. The van der Waals surface area contributed by atoms with E-state index in [2.05, 4.69) is 16.3 Å². The van der Waals surface area contributed by atoms with E-state index >= 15 is 0 Å². The van der Waals surface area contributed by atoms with Crippen molar-refractivity contribution in [2.75, 3.05) is 0 Å². The topological polar surface area (TPSA) is 24.7 Å². The molecule has 0 fully saturated rings. The van der Waals surface area contributed by atoms with E-state index in [-0.39, 0.29) is 0 Å². The molecule has 1 aromatic rings. The number of hydrogen-bond acceptors (Lipinski definition) is 2. The SMILES string of the molecule is [c]1ccc2c(c1)N=NC2. The molecule has 0 aromatic heterocycles. The zero-order valence-corrected chi connectivity index (χ0v) is 4.83. The number of benzene rings is 1. The van der Waals surface area contributed by atoms with Crippen molar-refractivity contribution in [3.05, 3.63) is 29.8 Å². The zero-order valence-electron chi connectivity index (χ0n) is 4.83. The predicted molar refractivity (Wildman–Crippen MR) is 33.5 cm³/mol. The number of hydrogen-bond donors (Lipinski definition) is 0. The van der Waals surface area contributed by atoms with Crippen LogP contribution >= 0.6 is 0 Å². The minimum absolute atomic E-state index is 0.740. The Balaban J connectivity index is 2.63. The molecule has 1 aromatic carbocycles. The molecule has 0 atom stereocenters. The number of fused-ring (bicyclic) bond motifs is 1. The lowest BCUT2D eigenvalue weighted by atomic mass is 10.2. The molecule has 0 aliphatic carbocycles. The smallest absolute Gasteiger partial charge is 0.0910 e. The fourth-order valence-corrected chi connectivity index (χ4v) is 0.868. The minimum atomic E-state index is 0.740. The quantitative estimate of drug-likeness (QED) is 0.497. The van der Waals surface area contributed by atoms with Crippen LogP contribution in [0.5, 0.6) is 0 Å². The van der Waals surface area contributed by atoms with Gasteiger partial charge >= 0.3 is 0 Å². The van der Waals surface area contributed by atoms with E-state index in [1.54, 1.807) is 0 Å². The van der Waals surface area contributed by atoms with E-state index in [0.29, 0.717) is 0 Å². The van der Waals surface area contributed by atoms with E-state index in [9.17, 15) is 0 Å². The lowest BCUT2D eigenvalue weighted by Gasteiger charge is -1.88. The Hall–Kier alpha value is -1.18. The van der Waals surface area contributed by atoms with Crippen molar-refractivity contribution < 1.29 is 0 Å². The van der Waals surface area contributed by atoms with Crippen molar-refractivity contribution in [1.82, 2.24) is 0 Å². The highest BCUT2D eigenvalue weighted by Gasteiger charge is 2.03. The summed E-state index contributed by atoms with van der Waals surface area (Å²) in [7, 11) is 0. The van der Waals surface area contributed by atoms with Crippen molar-refractivity contribution in [1.29, 1.82) is 0 Å². The lowest BCUT2D eigenvalue weighted by Crippen LogP contribution is -1.72. The molecule has 0 saturated carbocycles. The first-order valence-electron chi connectivity index (χ1n) is 2.83. The maximum absolute atomic E-state index is 3.89. The molecule has 1 aliphatic rings. The van der Waals surface area contributed by atoms with Crippen LogP contribution in [0.25, 0.3) is 0 Å². The zero-order chi connectivity index (χ0) is 6.10. The number of rotatable bonds is 0. The van der Waals surface area contributed by atoms with E-state index in [0.717, 1.165) is 12.2 Å². The molecule has 2 heteroatoms. The van der Waals surface area contributed by atoms with Crippen LogP contribution in [0.15, 0.2) is 28.4 Å². The largest absolute Gasteiger partial charge is 0.184 e. The molecule has 0 spiro atoms. The van der Waals surface area contributed by atoms with Gasteiger partial charge in [-0.15, -0.1) is 0 Å². The van der Waals surface area contributed by atoms with E-state index in [1.807, 2.05) is 18.2 Å². The van der Waals surface area contributed by atoms with Gasteiger partial charge in [0.25, 0.3) is 0 Å².